The number of carbonyl (C=O) groups excluding carboxylic acids is 15. The maximum atomic E-state index is 11.4. The number of aromatic hydroxyl groups is 4. The van der Waals surface area contributed by atoms with Gasteiger partial charge in [0, 0.05) is 26.1 Å². The molecule has 3 aliphatic heterocycles. The van der Waals surface area contributed by atoms with Gasteiger partial charge in [0.25, 0.3) is 12.9 Å². The second kappa shape index (κ2) is 87.3. The van der Waals surface area contributed by atoms with E-state index in [0.717, 1.165) is 99.4 Å². The van der Waals surface area contributed by atoms with Crippen molar-refractivity contribution in [1.82, 2.24) is 0 Å². The Morgan fingerprint density at radius 3 is 0.950 bits per heavy atom. The minimum Gasteiger partial charge on any atom is -1.00 e. The number of alkyl halides is 6. The van der Waals surface area contributed by atoms with Crippen LogP contribution in [0.2, 0.25) is 0 Å². The van der Waals surface area contributed by atoms with Gasteiger partial charge in [-0.3, -0.25) is 24.0 Å². The number of aliphatic hydroxyl groups excluding tert-OH is 1. The van der Waals surface area contributed by atoms with Crippen molar-refractivity contribution in [1.29, 1.82) is 0 Å². The molecule has 0 saturated carbocycles. The van der Waals surface area contributed by atoms with E-state index in [1.807, 2.05) is 109 Å². The van der Waals surface area contributed by atoms with Crippen molar-refractivity contribution in [3.05, 3.63) is 192 Å². The van der Waals surface area contributed by atoms with Crippen LogP contribution in [0, 0.1) is 48.5 Å². The average Bonchev–Trinajstić information content (AvgIpc) is 1.55. The van der Waals surface area contributed by atoms with E-state index >= 15 is 0 Å². The number of fused-ring (bicyclic) bond motifs is 2. The molecule has 773 valence electrons. The van der Waals surface area contributed by atoms with Gasteiger partial charge in [-0.25, -0.2) is 0 Å². The molecule has 7 aromatic rings. The molecule has 3 heterocycles. The molecule has 0 aromatic heterocycles. The number of phenols is 4. The molecule has 3 aliphatic rings. The molecule has 0 bridgehead atoms. The fraction of sp³-hybridized carbons (Fsp3) is 0.422. The minimum atomic E-state index is -6.85. The van der Waals surface area contributed by atoms with Gasteiger partial charge < -0.3 is 70.6 Å². The van der Waals surface area contributed by atoms with Gasteiger partial charge in [0.05, 0.1) is 35.5 Å². The molecule has 139 heavy (non-hydrogen) atoms. The Labute approximate surface area is 868 Å². The van der Waals surface area contributed by atoms with E-state index in [4.69, 9.17) is 81.5 Å². The number of carbonyl (C=O) groups is 5. The monoisotopic (exact) mass is 2060 g/mol. The van der Waals surface area contributed by atoms with Crippen LogP contribution in [0.25, 0.3) is 0 Å². The van der Waals surface area contributed by atoms with E-state index in [2.05, 4.69) is 44.6 Å². The Balaban J connectivity index is -0.0000000679. The van der Waals surface area contributed by atoms with Crippen molar-refractivity contribution in [2.45, 2.75) is 252 Å². The molecule has 3 radical (unpaired) electrons. The van der Waals surface area contributed by atoms with Gasteiger partial charge in [-0.2, -0.15) is 91.1 Å². The SMILES string of the molecule is C.C.C.C.C.C.C.C.C.CCO.CCc1ccc(C=O)c(B2OC(C)(C)C(C)(C)O2)c1C.CCc1ccc(C=O)c(O)c1C.CCc1ccc(C=O)c(O)c1C.CCc1ccc2c(c1C)B(O)OC2.CCc1cccc(O)c1C.Cc1c(O)cccc1OC=O.Cc1c(OC=O)ccc2c1B(O)OC2.Cl.O=C=O.O=C=O.O=C=O.O=C=O.O=C=O.O=S(=O)(OS(=O)(=O)C(F)(F)F)C(F)(F)F.[B].[H-].[Na+].[Na+].[OH-]. The van der Waals surface area contributed by atoms with Crippen molar-refractivity contribution in [2.75, 3.05) is 6.61 Å². The first-order valence-electron chi connectivity index (χ1n) is 36.3. The maximum Gasteiger partial charge on any atom is 1.00 e. The molecular formula is C90H134B4ClF6Na2O34S2. The van der Waals surface area contributed by atoms with Crippen LogP contribution in [0.1, 0.15) is 246 Å². The number of rotatable bonds is 15. The largest absolute Gasteiger partial charge is 1.00 e. The van der Waals surface area contributed by atoms with Gasteiger partial charge >= 0.3 is 142 Å². The number of hydrogen-bond acceptors (Lipinski definition) is 34. The number of aliphatic hydroxyl groups is 1. The molecule has 0 amide bonds. The zero-order valence-corrected chi connectivity index (χ0v) is 80.7. The number of ether oxygens (including phenoxy) is 2. The van der Waals surface area contributed by atoms with E-state index in [1.54, 1.807) is 63.2 Å². The molecule has 0 aliphatic carbocycles. The van der Waals surface area contributed by atoms with E-state index in [-0.39, 0.29) is 208 Å². The normalized spacial score (nSPS) is 10.9. The van der Waals surface area contributed by atoms with Gasteiger partial charge in [0.1, 0.15) is 40.8 Å². The Morgan fingerprint density at radius 1 is 0.410 bits per heavy atom. The van der Waals surface area contributed by atoms with Crippen molar-refractivity contribution >= 4 is 141 Å². The van der Waals surface area contributed by atoms with Crippen LogP contribution >= 0.6 is 12.4 Å². The first-order chi connectivity index (χ1) is 58.3. The van der Waals surface area contributed by atoms with E-state index in [9.17, 15) is 92.5 Å². The van der Waals surface area contributed by atoms with Crippen LogP contribution in [0.5, 0.6) is 34.5 Å². The van der Waals surface area contributed by atoms with Gasteiger partial charge in [-0.05, 0) is 240 Å². The van der Waals surface area contributed by atoms with Gasteiger partial charge in [0.2, 0.25) is 0 Å². The summed E-state index contributed by atoms with van der Waals surface area (Å²) in [5.41, 5.74) is 4.83. The van der Waals surface area contributed by atoms with Crippen molar-refractivity contribution < 1.29 is 248 Å². The van der Waals surface area contributed by atoms with Crippen molar-refractivity contribution in [3.8, 4) is 34.5 Å². The second-order valence-corrected chi connectivity index (χ2v) is 28.9. The number of benzene rings is 7. The fourth-order valence-electron chi connectivity index (χ4n) is 10.7. The first kappa shape index (κ1) is 172. The quantitative estimate of drug-likeness (QED) is 0.0219. The molecule has 0 unspecified atom stereocenters. The molecule has 1 saturated heterocycles. The van der Waals surface area contributed by atoms with Crippen molar-refractivity contribution in [3.63, 3.8) is 0 Å². The van der Waals surface area contributed by atoms with Crippen LogP contribution in [0.4, 0.5) is 26.3 Å². The zero-order chi connectivity index (χ0) is 97.7. The molecule has 34 nitrogen and oxygen atoms in total. The van der Waals surface area contributed by atoms with Gasteiger partial charge in [0.15, 0.2) is 12.6 Å². The molecule has 0 atom stereocenters. The zero-order valence-electron chi connectivity index (χ0n) is 75.3. The summed E-state index contributed by atoms with van der Waals surface area (Å²) >= 11 is 0. The smallest absolute Gasteiger partial charge is 1.00 e. The van der Waals surface area contributed by atoms with E-state index < -0.39 is 63.8 Å². The summed E-state index contributed by atoms with van der Waals surface area (Å²) in [7, 11) is -15.8. The standard InChI is InChI=1S/C16H23BO3.C10H13BO2.2C10H12O2.C9H9BO4.C9H12O.C8H8O3.C2F6O5S2.C2H6O.5CO2.9CH4.B.ClH.2Na.H2O.H/c1-7-12-8-9-13(10-18)14(11(12)2)17-19-15(3,4)16(5,6)20-17;1-3-8-4-5-9-6-13-11(12)10(9)7(8)2;2*1-3-8-4-5-9(6-11)10(12)7(8)2;1-6-8(13-5-11)3-2-7-4-14-10(12)9(6)7;1-3-8-5-4-6-9(10)7(8)2;1-6-7(10)3-2-4-8(6)11-5-9;3-1(4,5)14(9,10)13-15(11,12)2(6,7)8;1-2-3;5*2-1-3;;;;;;;;;;;;;;;/h8-10H,7H2,1-6H3;4-5,12H,3,6H2,1-2H3;2*4-6,12H,3H2,1-2H3;2-3,5,12H,4H2,1H3;4-6,10H,3H2,1-2H3;2-5,10H,1H3;;3H,2H2,1H3;;;;;;9*1H4;;1H;;;1H2;/q;;;;;;;;;;;;;;;;;;;;;;;;;2*+1;;-1/p-1. The molecule has 7 aromatic carbocycles. The second-order valence-electron chi connectivity index (χ2n) is 25.6. The third-order valence-corrected chi connectivity index (χ3v) is 20.5. The summed E-state index contributed by atoms with van der Waals surface area (Å²) in [6.07, 6.45) is 8.14. The first-order valence-corrected chi connectivity index (χ1v) is 39.1. The van der Waals surface area contributed by atoms with E-state index in [0.29, 0.717) is 83.7 Å². The van der Waals surface area contributed by atoms with Crippen LogP contribution in [-0.2, 0) is 145 Å². The summed E-state index contributed by atoms with van der Waals surface area (Å²) in [5.74, 6) is 1.61. The number of aldehydes is 3. The predicted octanol–water partition coefficient (Wildman–Crippen LogP) is 8.33. The summed E-state index contributed by atoms with van der Waals surface area (Å²) in [6.45, 7) is 35.1. The third kappa shape index (κ3) is 56.5. The number of aryl methyl sites for hydroxylation is 5. The molecule has 1 fully saturated rings. The van der Waals surface area contributed by atoms with Crippen LogP contribution < -0.4 is 85.0 Å². The van der Waals surface area contributed by atoms with Crippen molar-refractivity contribution in [2.24, 2.45) is 0 Å². The Bertz CT molecular complexity index is 4900. The van der Waals surface area contributed by atoms with Crippen LogP contribution in [0.15, 0.2) is 97.1 Å². The summed E-state index contributed by atoms with van der Waals surface area (Å²) in [6, 6.07) is 29.0. The van der Waals surface area contributed by atoms with Gasteiger partial charge in [-0.1, -0.05) is 162 Å². The number of phenolic OH excluding ortho intramolecular Hbond substituents is 4. The Morgan fingerprint density at radius 2 is 0.662 bits per heavy atom. The third-order valence-electron chi connectivity index (χ3n) is 17.9. The minimum absolute atomic E-state index is 0. The number of halogens is 7. The van der Waals surface area contributed by atoms with Gasteiger partial charge in [-0.15, -0.1) is 16.0 Å². The van der Waals surface area contributed by atoms with Crippen LogP contribution in [0.3, 0.4) is 0 Å². The molecule has 8 N–H and O–H groups in total. The topological polar surface area (TPSA) is 561 Å². The van der Waals surface area contributed by atoms with Crippen LogP contribution in [-0.4, -0.2) is 179 Å². The molecule has 10 rings (SSSR count). The molecule has 0 spiro atoms. The average molecular weight is 2060 g/mol. The fourth-order valence-corrected chi connectivity index (χ4v) is 12.2. The Hall–Kier alpha value is -9.74. The van der Waals surface area contributed by atoms with E-state index in [1.165, 1.54) is 28.3 Å². The summed E-state index contributed by atoms with van der Waals surface area (Å²) in [5, 5.41) is 63.9. The molecular weight excluding hydrogens is 1930 g/mol. The predicted molar refractivity (Wildman–Crippen MR) is 507 cm³/mol. The Kier molecular flexibility index (Phi) is 108. The summed E-state index contributed by atoms with van der Waals surface area (Å²) in [4.78, 5) is 134. The summed E-state index contributed by atoms with van der Waals surface area (Å²) < 4.78 is 142. The number of hydrogen-bond donors (Lipinski definition) is 7. The maximum absolute atomic E-state index is 11.4. The molecule has 49 heteroatoms.